The summed E-state index contributed by atoms with van der Waals surface area (Å²) < 4.78 is 52.2. The van der Waals surface area contributed by atoms with Crippen LogP contribution < -0.4 is 0 Å². The molecule has 14 bridgehead atoms. The maximum absolute atomic E-state index is 12.7. The Morgan fingerprint density at radius 3 is 1.23 bits per heavy atom. The molecule has 17 aliphatic rings. The van der Waals surface area contributed by atoms with E-state index in [0.29, 0.717) is 23.4 Å². The van der Waals surface area contributed by atoms with Crippen LogP contribution in [0.5, 0.6) is 0 Å². The molecule has 0 aromatic heterocycles. The van der Waals surface area contributed by atoms with E-state index < -0.39 is 28.8 Å². The number of hydrogen-bond donors (Lipinski definition) is 0. The quantitative estimate of drug-likeness (QED) is 0.0260. The van der Waals surface area contributed by atoms with Gasteiger partial charge in [-0.15, -0.1) is 0 Å². The first-order valence-electron chi connectivity index (χ1n) is 50.6. The number of rotatable bonds is 26. The monoisotopic (exact) mass is 1870 g/mol. The van der Waals surface area contributed by atoms with E-state index in [4.69, 9.17) is 42.6 Å². The molecule has 1 spiro atoms. The van der Waals surface area contributed by atoms with Gasteiger partial charge in [0.05, 0.1) is 49.6 Å². The van der Waals surface area contributed by atoms with E-state index in [1.165, 1.54) is 167 Å². The highest BCUT2D eigenvalue weighted by molar-refractivity contribution is 5.79. The topological polar surface area (TPSA) is 203 Å². The van der Waals surface area contributed by atoms with Crippen molar-refractivity contribution in [1.82, 2.24) is 0 Å². The van der Waals surface area contributed by atoms with E-state index in [0.717, 1.165) is 160 Å². The molecule has 17 saturated carbocycles. The summed E-state index contributed by atoms with van der Waals surface area (Å²) in [4.78, 5) is 85.8. The highest BCUT2D eigenvalue weighted by Gasteiger charge is 2.70. The molecule has 16 heteroatoms. The molecule has 17 aliphatic carbocycles. The van der Waals surface area contributed by atoms with E-state index in [1.807, 2.05) is 132 Å². The number of carbonyl (C=O) groups excluding carboxylic acids is 7. The lowest BCUT2D eigenvalue weighted by Gasteiger charge is -2.56. The smallest absolute Gasteiger partial charge is 0.313 e. The van der Waals surface area contributed by atoms with Gasteiger partial charge in [-0.25, -0.2) is 0 Å². The van der Waals surface area contributed by atoms with Crippen molar-refractivity contribution in [2.75, 3.05) is 13.2 Å². The van der Waals surface area contributed by atoms with Gasteiger partial charge in [-0.1, -0.05) is 162 Å². The fourth-order valence-electron chi connectivity index (χ4n) is 27.3. The van der Waals surface area contributed by atoms with E-state index >= 15 is 0 Å². The van der Waals surface area contributed by atoms with Crippen LogP contribution >= 0.6 is 0 Å². The van der Waals surface area contributed by atoms with Crippen molar-refractivity contribution >= 4 is 41.8 Å². The van der Waals surface area contributed by atoms with Crippen LogP contribution in [0.25, 0.3) is 0 Å². The number of fused-ring (bicyclic) bond motifs is 10. The first kappa shape index (κ1) is 128. The Morgan fingerprint density at radius 1 is 0.371 bits per heavy atom. The van der Waals surface area contributed by atoms with Crippen molar-refractivity contribution in [3.63, 3.8) is 0 Å². The van der Waals surface area contributed by atoms with Gasteiger partial charge >= 0.3 is 41.8 Å². The maximum atomic E-state index is 12.7. The Morgan fingerprint density at radius 2 is 0.773 bits per heavy atom. The van der Waals surface area contributed by atoms with Crippen LogP contribution in [0.3, 0.4) is 0 Å². The third kappa shape index (κ3) is 29.0. The summed E-state index contributed by atoms with van der Waals surface area (Å²) >= 11 is 0. The summed E-state index contributed by atoms with van der Waals surface area (Å²) in [6.07, 6.45) is 44.4. The van der Waals surface area contributed by atoms with Crippen molar-refractivity contribution < 1.29 is 76.2 Å². The summed E-state index contributed by atoms with van der Waals surface area (Å²) in [6, 6.07) is 0. The van der Waals surface area contributed by atoms with Crippen molar-refractivity contribution in [3.8, 4) is 0 Å². The molecule has 780 valence electrons. The van der Waals surface area contributed by atoms with Crippen LogP contribution in [0, 0.1) is 143 Å². The zero-order valence-corrected chi connectivity index (χ0v) is 82.8. The van der Waals surface area contributed by atoms with Crippen LogP contribution in [-0.2, 0) is 76.2 Å². The molecule has 0 saturated heterocycles. The van der Waals surface area contributed by atoms with Gasteiger partial charge in [-0.05, 0) is 443 Å². The molecule has 14 atom stereocenters. The number of carbonyl (C=O) groups is 7. The van der Waals surface area contributed by atoms with Crippen molar-refractivity contribution in [2.45, 2.75) is 546 Å². The average molecular weight is 1870 g/mol. The van der Waals surface area contributed by atoms with Crippen molar-refractivity contribution in [3.05, 3.63) is 0 Å². The maximum Gasteiger partial charge on any atom is 0.313 e. The average Bonchev–Trinajstić information content (AvgIpc) is 1.53. The van der Waals surface area contributed by atoms with Crippen molar-refractivity contribution in [1.29, 1.82) is 0 Å². The summed E-state index contributed by atoms with van der Waals surface area (Å²) in [7, 11) is 0. The first-order valence-corrected chi connectivity index (χ1v) is 50.6. The summed E-state index contributed by atoms with van der Waals surface area (Å²) in [5.74, 6) is 12.4. The molecule has 0 radical (unpaired) electrons. The van der Waals surface area contributed by atoms with Crippen molar-refractivity contribution in [2.24, 2.45) is 143 Å². The normalized spacial score (nSPS) is 33.0. The molecule has 0 heterocycles. The minimum Gasteiger partial charge on any atom is -0.462 e. The Labute approximate surface area is 816 Å². The Kier molecular flexibility index (Phi) is 48.6. The standard InChI is InChI=1S/C21H36O2.C20H32O3.C19H30O4.C18H30O3.C15H28O2.C13H24O2.10CH4/c1-8-18(3,4)17(22)23-20(7)11-12-21-13-16(20)19(5,6)15(21)10-9-14(21)2;1-5-20(3,4)19(21)23-11(2)22-16-10-14-9-15(16)18-13-7-6-12(8-13)17(14)18;1-4-18(2,3)16(20)22-5-6-23-17(21)19-10-13-7-14(11-19)9-15(8-13)12-19;1-5-17(3,4)16(19)20-12(2)21-18-9-13-6-14(10-18)8-15(7-13)11-18;1-6-14(2,3)13(16)17-15(4,5)12-10-8-7-9-11-12;1-5-12(2,3)11(14)15-13(4)9-7-6-8-10-13;;;;;;;;;;/h14-16H,8-13H2,1-7H3;11-18H,5-10H2,1-4H3;13-15H,4-12H2,1-3H3;12-15H,5-11H2,1-4H3;12H,6-11H2,1-5H3;5-10H2,1-4H3;10*1H4. The highest BCUT2D eigenvalue weighted by atomic mass is 16.7. The number of esters is 7. The van der Waals surface area contributed by atoms with Crippen LogP contribution in [0.4, 0.5) is 0 Å². The molecular formula is C116H220O16. The molecule has 0 aromatic carbocycles. The molecule has 0 amide bonds. The zero-order chi connectivity index (χ0) is 90.2. The van der Waals surface area contributed by atoms with Crippen LogP contribution in [0.15, 0.2) is 0 Å². The number of hydrogen-bond acceptors (Lipinski definition) is 16. The fraction of sp³-hybridized carbons (Fsp3) is 0.940. The van der Waals surface area contributed by atoms with Gasteiger partial charge in [0.2, 0.25) is 6.29 Å². The van der Waals surface area contributed by atoms with Gasteiger partial charge in [0.1, 0.15) is 30.0 Å². The van der Waals surface area contributed by atoms with E-state index in [1.54, 1.807) is 0 Å². The van der Waals surface area contributed by atoms with Crippen LogP contribution in [-0.4, -0.2) is 96.1 Å². The predicted molar refractivity (Wildman–Crippen MR) is 551 cm³/mol. The molecule has 0 aromatic rings. The van der Waals surface area contributed by atoms with Gasteiger partial charge in [0.25, 0.3) is 0 Å². The third-order valence-electron chi connectivity index (χ3n) is 36.9. The molecule has 16 nitrogen and oxygen atoms in total. The fourth-order valence-corrected chi connectivity index (χ4v) is 27.3. The first-order chi connectivity index (χ1) is 56.7. The summed E-state index contributed by atoms with van der Waals surface area (Å²) in [6.45, 7) is 55.5. The molecule has 0 aliphatic heterocycles. The summed E-state index contributed by atoms with van der Waals surface area (Å²) in [5, 5.41) is 0. The Balaban J connectivity index is 0.00000155. The molecule has 132 heavy (non-hydrogen) atoms. The minimum absolute atomic E-state index is 0. The summed E-state index contributed by atoms with van der Waals surface area (Å²) in [5.41, 5.74) is -2.53. The van der Waals surface area contributed by atoms with Gasteiger partial charge in [-0.2, -0.15) is 0 Å². The molecule has 17 rings (SSSR count). The van der Waals surface area contributed by atoms with Crippen LogP contribution in [0.1, 0.15) is 505 Å². The minimum atomic E-state index is -0.468. The van der Waals surface area contributed by atoms with Gasteiger partial charge < -0.3 is 42.6 Å². The van der Waals surface area contributed by atoms with Crippen LogP contribution in [0.2, 0.25) is 0 Å². The predicted octanol–water partition coefficient (Wildman–Crippen LogP) is 32.4. The third-order valence-corrected chi connectivity index (χ3v) is 36.9. The molecule has 17 fully saturated rings. The van der Waals surface area contributed by atoms with E-state index in [2.05, 4.69) is 55.4 Å². The highest BCUT2D eigenvalue weighted by Crippen LogP contribution is 2.74. The largest absolute Gasteiger partial charge is 0.462 e. The van der Waals surface area contributed by atoms with Gasteiger partial charge in [0.15, 0.2) is 6.29 Å². The lowest BCUT2D eigenvalue weighted by molar-refractivity contribution is -0.248. The Bertz CT molecular complexity index is 3450. The SMILES string of the molecule is C.C.C.C.C.C.C.C.C.C.CCC(C)(C)C(=O)OC(C)(C)C1CCCCC1.CCC(C)(C)C(=O)OC(C)OC12CC3CC(CC(C3)C1)C2.CCC(C)(C)C(=O)OC(C)OC1CC2CC1C1C3CCC(C3)C21.CCC(C)(C)C(=O)OC1(C)CCC23CC1C(C)(C)C2CCC3C.CCC(C)(C)C(=O)OC1(C)CCCCC1.CCC(C)(C)C(=O)OCCOC(=O)C12CC3CC(CC(C3)C1)C2. The van der Waals surface area contributed by atoms with E-state index in [-0.39, 0.29) is 179 Å². The van der Waals surface area contributed by atoms with Gasteiger partial charge in [-0.3, -0.25) is 33.6 Å². The lowest BCUT2D eigenvalue weighted by Crippen LogP contribution is -2.53. The molecular weight excluding hydrogens is 1650 g/mol. The van der Waals surface area contributed by atoms with Gasteiger partial charge in [0, 0.05) is 5.92 Å². The second kappa shape index (κ2) is 50.1. The van der Waals surface area contributed by atoms with E-state index in [9.17, 15) is 33.6 Å². The molecule has 0 N–H and O–H groups in total. The zero-order valence-electron chi connectivity index (χ0n) is 82.8. The number of ether oxygens (including phenoxy) is 9. The Hall–Kier alpha value is -3.79. The lowest BCUT2D eigenvalue weighted by atomic mass is 9.49. The second-order valence-corrected chi connectivity index (χ2v) is 48.9. The molecule has 14 unspecified atom stereocenters. The second-order valence-electron chi connectivity index (χ2n) is 48.9.